The van der Waals surface area contributed by atoms with E-state index in [4.69, 9.17) is 0 Å². The van der Waals surface area contributed by atoms with Crippen molar-refractivity contribution in [1.29, 1.82) is 0 Å². The van der Waals surface area contributed by atoms with Gasteiger partial charge < -0.3 is 10.4 Å². The van der Waals surface area contributed by atoms with Gasteiger partial charge in [0.1, 0.15) is 17.7 Å². The zero-order valence-electron chi connectivity index (χ0n) is 16.6. The fraction of sp³-hybridized carbons (Fsp3) is 0.350. The van der Waals surface area contributed by atoms with Crippen LogP contribution in [-0.4, -0.2) is 25.2 Å². The summed E-state index contributed by atoms with van der Waals surface area (Å²) in [6, 6.07) is 4.15. The van der Waals surface area contributed by atoms with Crippen molar-refractivity contribution in [3.8, 4) is 5.75 Å². The summed E-state index contributed by atoms with van der Waals surface area (Å²) in [5.74, 6) is -0.655. The number of aliphatic imine (C=N–C) groups is 1. The van der Waals surface area contributed by atoms with Crippen molar-refractivity contribution in [2.24, 2.45) is 4.99 Å². The minimum absolute atomic E-state index is 0.126. The monoisotopic (exact) mass is 444 g/mol. The van der Waals surface area contributed by atoms with Gasteiger partial charge >= 0.3 is 5.51 Å². The fourth-order valence-electron chi connectivity index (χ4n) is 3.23. The molecule has 2 aromatic rings. The normalized spacial score (nSPS) is 16.9. The molecule has 1 atom stereocenters. The zero-order valence-corrected chi connectivity index (χ0v) is 17.4. The molecule has 0 amide bonds. The number of fused-ring (bicyclic) bond motifs is 1. The van der Waals surface area contributed by atoms with E-state index in [1.54, 1.807) is 0 Å². The Hall–Kier alpha value is -2.62. The predicted octanol–water partition coefficient (Wildman–Crippen LogP) is 4.97. The van der Waals surface area contributed by atoms with Gasteiger partial charge in [0.25, 0.3) is 9.84 Å². The van der Waals surface area contributed by atoms with Gasteiger partial charge in [-0.3, -0.25) is 4.99 Å². The van der Waals surface area contributed by atoms with E-state index in [9.17, 15) is 31.1 Å². The van der Waals surface area contributed by atoms with Gasteiger partial charge in [-0.05, 0) is 42.2 Å². The molecule has 10 heteroatoms. The Labute approximate surface area is 171 Å². The lowest BCUT2D eigenvalue weighted by molar-refractivity contribution is -0.0436. The number of rotatable bonds is 2. The van der Waals surface area contributed by atoms with E-state index in [-0.39, 0.29) is 22.4 Å². The summed E-state index contributed by atoms with van der Waals surface area (Å²) in [5.41, 5.74) is -4.78. The zero-order chi connectivity index (χ0) is 22.6. The molecule has 1 unspecified atom stereocenters. The molecule has 0 radical (unpaired) electrons. The maximum atomic E-state index is 14.5. The lowest BCUT2D eigenvalue weighted by Gasteiger charge is -2.28. The summed E-state index contributed by atoms with van der Waals surface area (Å²) in [6.45, 7) is 6.94. The van der Waals surface area contributed by atoms with Crippen LogP contribution in [0.2, 0.25) is 0 Å². The molecule has 1 aliphatic heterocycles. The highest BCUT2D eigenvalue weighted by atomic mass is 32.2. The van der Waals surface area contributed by atoms with E-state index >= 15 is 0 Å². The maximum absolute atomic E-state index is 14.5. The first-order chi connectivity index (χ1) is 13.6. The molecule has 162 valence electrons. The molecule has 2 aromatic carbocycles. The van der Waals surface area contributed by atoms with Crippen molar-refractivity contribution < 1.29 is 31.1 Å². The van der Waals surface area contributed by atoms with E-state index in [1.807, 2.05) is 20.8 Å². The predicted molar refractivity (Wildman–Crippen MR) is 105 cm³/mol. The van der Waals surface area contributed by atoms with E-state index in [2.05, 4.69) is 10.3 Å². The standard InChI is InChI=1S/C20H20F4N2O3S/c1-10-14(21)8-13(19(2,3)4)17(27)16(10)18-25-9-11-7-12(5-6-15(11)26-18)30(28,29)20(22,23)24/h5-9,18,26-27H,1-4H3. The number of halogens is 4. The Morgan fingerprint density at radius 1 is 1.13 bits per heavy atom. The number of phenolic OH excluding ortho intramolecular Hbond substituents is 1. The third-order valence-corrected chi connectivity index (χ3v) is 6.40. The third kappa shape index (κ3) is 3.64. The first-order valence-electron chi connectivity index (χ1n) is 8.92. The molecule has 0 spiro atoms. The quantitative estimate of drug-likeness (QED) is 0.641. The first-order valence-corrected chi connectivity index (χ1v) is 10.4. The summed E-state index contributed by atoms with van der Waals surface area (Å²) in [4.78, 5) is 3.27. The van der Waals surface area contributed by atoms with Crippen LogP contribution in [0.4, 0.5) is 23.2 Å². The molecular formula is C20H20F4N2O3S. The van der Waals surface area contributed by atoms with Gasteiger partial charge in [-0.15, -0.1) is 0 Å². The van der Waals surface area contributed by atoms with Crippen LogP contribution in [0.3, 0.4) is 0 Å². The molecule has 3 rings (SSSR count). The molecule has 1 heterocycles. The molecule has 0 bridgehead atoms. The number of nitrogens with zero attached hydrogens (tertiary/aromatic N) is 1. The van der Waals surface area contributed by atoms with Gasteiger partial charge in [0.15, 0.2) is 0 Å². The SMILES string of the molecule is Cc1c(F)cc(C(C)(C)C)c(O)c1C1N=Cc2cc(S(=O)(=O)C(F)(F)F)ccc2N1. The lowest BCUT2D eigenvalue weighted by Crippen LogP contribution is -2.24. The topological polar surface area (TPSA) is 78.8 Å². The van der Waals surface area contributed by atoms with Gasteiger partial charge in [-0.2, -0.15) is 13.2 Å². The van der Waals surface area contributed by atoms with Crippen LogP contribution in [0.15, 0.2) is 34.2 Å². The molecule has 0 saturated heterocycles. The fourth-order valence-corrected chi connectivity index (χ4v) is 4.02. The second-order valence-corrected chi connectivity index (χ2v) is 10.0. The van der Waals surface area contributed by atoms with Crippen LogP contribution in [0.5, 0.6) is 5.75 Å². The van der Waals surface area contributed by atoms with Gasteiger partial charge in [-0.1, -0.05) is 20.8 Å². The molecule has 5 nitrogen and oxygen atoms in total. The smallest absolute Gasteiger partial charge is 0.501 e. The highest BCUT2D eigenvalue weighted by molar-refractivity contribution is 7.92. The van der Waals surface area contributed by atoms with Crippen LogP contribution < -0.4 is 5.32 Å². The molecule has 2 N–H and O–H groups in total. The molecule has 0 aliphatic carbocycles. The molecular weight excluding hydrogens is 424 g/mol. The van der Waals surface area contributed by atoms with Crippen LogP contribution in [-0.2, 0) is 15.3 Å². The Balaban J connectivity index is 2.06. The molecule has 30 heavy (non-hydrogen) atoms. The Bertz CT molecular complexity index is 1150. The summed E-state index contributed by atoms with van der Waals surface area (Å²) in [6.07, 6.45) is 0.297. The van der Waals surface area contributed by atoms with Gasteiger partial charge in [-0.25, -0.2) is 12.8 Å². The van der Waals surface area contributed by atoms with Gasteiger partial charge in [0.05, 0.1) is 4.90 Å². The summed E-state index contributed by atoms with van der Waals surface area (Å²) < 4.78 is 76.2. The Kier molecular flexibility index (Phi) is 5.13. The third-order valence-electron chi connectivity index (χ3n) is 4.92. The number of alkyl halides is 3. The second kappa shape index (κ2) is 6.97. The number of hydrogen-bond acceptors (Lipinski definition) is 5. The number of hydrogen-bond donors (Lipinski definition) is 2. The number of sulfone groups is 1. The average molecular weight is 444 g/mol. The minimum atomic E-state index is -5.50. The Morgan fingerprint density at radius 2 is 1.77 bits per heavy atom. The molecule has 0 fully saturated rings. The highest BCUT2D eigenvalue weighted by Crippen LogP contribution is 2.42. The van der Waals surface area contributed by atoms with Crippen molar-refractivity contribution >= 4 is 21.7 Å². The lowest BCUT2D eigenvalue weighted by atomic mass is 9.83. The van der Waals surface area contributed by atoms with Crippen LogP contribution in [0.1, 0.15) is 49.2 Å². The molecule has 1 aliphatic rings. The van der Waals surface area contributed by atoms with Crippen molar-refractivity contribution in [3.05, 3.63) is 52.3 Å². The molecule has 0 saturated carbocycles. The van der Waals surface area contributed by atoms with Crippen molar-refractivity contribution in [1.82, 2.24) is 0 Å². The van der Waals surface area contributed by atoms with Crippen LogP contribution in [0.25, 0.3) is 0 Å². The number of benzene rings is 2. The Morgan fingerprint density at radius 3 is 2.33 bits per heavy atom. The summed E-state index contributed by atoms with van der Waals surface area (Å²) in [5, 5.41) is 13.7. The first kappa shape index (κ1) is 22.1. The van der Waals surface area contributed by atoms with E-state index in [0.717, 1.165) is 12.1 Å². The van der Waals surface area contributed by atoms with Crippen molar-refractivity contribution in [3.63, 3.8) is 0 Å². The van der Waals surface area contributed by atoms with Crippen LogP contribution in [0, 0.1) is 12.7 Å². The maximum Gasteiger partial charge on any atom is 0.501 e. The van der Waals surface area contributed by atoms with Gasteiger partial charge in [0, 0.05) is 28.6 Å². The van der Waals surface area contributed by atoms with E-state index < -0.39 is 37.6 Å². The summed E-state index contributed by atoms with van der Waals surface area (Å²) in [7, 11) is -5.50. The second-order valence-electron chi connectivity index (χ2n) is 8.07. The largest absolute Gasteiger partial charge is 0.507 e. The molecule has 0 aromatic heterocycles. The van der Waals surface area contributed by atoms with Gasteiger partial charge in [0.2, 0.25) is 0 Å². The van der Waals surface area contributed by atoms with E-state index in [0.29, 0.717) is 11.3 Å². The number of phenols is 1. The summed E-state index contributed by atoms with van der Waals surface area (Å²) >= 11 is 0. The van der Waals surface area contributed by atoms with Crippen LogP contribution >= 0.6 is 0 Å². The number of anilines is 1. The van der Waals surface area contributed by atoms with Crippen molar-refractivity contribution in [2.75, 3.05) is 5.32 Å². The van der Waals surface area contributed by atoms with E-state index in [1.165, 1.54) is 25.3 Å². The van der Waals surface area contributed by atoms with Crippen molar-refractivity contribution in [2.45, 2.75) is 49.7 Å². The number of nitrogens with one attached hydrogen (secondary N) is 1. The minimum Gasteiger partial charge on any atom is -0.507 e. The highest BCUT2D eigenvalue weighted by Gasteiger charge is 2.47. The number of aromatic hydroxyl groups is 1. The average Bonchev–Trinajstić information content (AvgIpc) is 2.62.